The number of para-hydroxylation sites is 1. The second kappa shape index (κ2) is 9.34. The van der Waals surface area contributed by atoms with Crippen molar-refractivity contribution < 1.29 is 13.9 Å². The van der Waals surface area contributed by atoms with Crippen LogP contribution in [-0.2, 0) is 4.79 Å². The lowest BCUT2D eigenvalue weighted by Gasteiger charge is -2.44. The Morgan fingerprint density at radius 1 is 1.20 bits per heavy atom. The van der Waals surface area contributed by atoms with Crippen LogP contribution in [0.25, 0.3) is 11.0 Å². The van der Waals surface area contributed by atoms with Gasteiger partial charge in [-0.1, -0.05) is 24.8 Å². The van der Waals surface area contributed by atoms with Crippen molar-refractivity contribution in [3.63, 3.8) is 0 Å². The van der Waals surface area contributed by atoms with Crippen molar-refractivity contribution >= 4 is 34.3 Å². The maximum atomic E-state index is 14.6. The maximum Gasteiger partial charge on any atom is 0.256 e. The van der Waals surface area contributed by atoms with E-state index in [1.165, 1.54) is 24.7 Å². The molecule has 1 fully saturated rings. The van der Waals surface area contributed by atoms with Gasteiger partial charge in [0, 0.05) is 26.2 Å². The van der Waals surface area contributed by atoms with Gasteiger partial charge in [0.05, 0.1) is 23.4 Å². The van der Waals surface area contributed by atoms with Crippen molar-refractivity contribution in [2.45, 2.75) is 6.04 Å². The Morgan fingerprint density at radius 3 is 2.74 bits per heavy atom. The number of ether oxygens (including phenoxy) is 1. The van der Waals surface area contributed by atoms with E-state index in [1.54, 1.807) is 36.2 Å². The number of likely N-dealkylation sites (N-methyl/N-ethyl adjacent to an activating group) is 1. The minimum absolute atomic E-state index is 0.0910. The fourth-order valence-corrected chi connectivity index (χ4v) is 3.71. The number of carbonyl (C=O) groups excluding carboxylic acids is 1. The van der Waals surface area contributed by atoms with Crippen molar-refractivity contribution in [3.8, 4) is 11.6 Å². The number of hydrogen-bond acceptors (Lipinski definition) is 8. The number of fused-ring (bicyclic) bond motifs is 1. The number of carbonyl (C=O) groups is 1. The third kappa shape index (κ3) is 4.58. The summed E-state index contributed by atoms with van der Waals surface area (Å²) in [5.41, 5.74) is 1.57. The molecule has 1 aliphatic rings. The molecule has 1 N–H and O–H groups in total. The number of nitrogens with zero attached hydrogens (tertiary/aromatic N) is 6. The highest BCUT2D eigenvalue weighted by Crippen LogP contribution is 2.29. The molecule has 0 atom stereocenters. The summed E-state index contributed by atoms with van der Waals surface area (Å²) in [5, 5.41) is 3.08. The standard InChI is InChI=1S/C25H22FN7O2/c1-3-22(34)32(2)17-13-33(14-17)21-10-9-20-23(31-21)24(29-15-28-20)30-16-11-19(26)25(27-12-16)35-18-7-5-4-6-8-18/h3-12,15,17H,1,13-14H2,2H3,(H,28,29,30). The van der Waals surface area contributed by atoms with Crippen molar-refractivity contribution in [1.29, 1.82) is 0 Å². The van der Waals surface area contributed by atoms with Crippen LogP contribution in [0.3, 0.4) is 0 Å². The first-order valence-corrected chi connectivity index (χ1v) is 10.9. The lowest BCUT2D eigenvalue weighted by molar-refractivity contribution is -0.127. The molecule has 0 aliphatic carbocycles. The third-order valence-corrected chi connectivity index (χ3v) is 5.75. The van der Waals surface area contributed by atoms with Gasteiger partial charge in [-0.15, -0.1) is 0 Å². The van der Waals surface area contributed by atoms with Crippen LogP contribution < -0.4 is 15.0 Å². The average molecular weight is 471 g/mol. The van der Waals surface area contributed by atoms with Crippen molar-refractivity contribution in [1.82, 2.24) is 24.8 Å². The van der Waals surface area contributed by atoms with Gasteiger partial charge in [0.25, 0.3) is 5.88 Å². The zero-order valence-corrected chi connectivity index (χ0v) is 18.9. The molecule has 4 heterocycles. The molecule has 0 bridgehead atoms. The fraction of sp³-hybridized carbons (Fsp3) is 0.160. The fourth-order valence-electron chi connectivity index (χ4n) is 3.71. The van der Waals surface area contributed by atoms with E-state index in [1.807, 2.05) is 18.2 Å². The first kappa shape index (κ1) is 22.2. The van der Waals surface area contributed by atoms with Crippen LogP contribution in [0.5, 0.6) is 11.6 Å². The molecular formula is C25H22FN7O2. The van der Waals surface area contributed by atoms with Gasteiger partial charge < -0.3 is 19.9 Å². The zero-order valence-electron chi connectivity index (χ0n) is 18.9. The maximum absolute atomic E-state index is 14.6. The Balaban J connectivity index is 1.34. The lowest BCUT2D eigenvalue weighted by Crippen LogP contribution is -2.59. The number of pyridine rings is 2. The monoisotopic (exact) mass is 471 g/mol. The number of benzene rings is 1. The van der Waals surface area contributed by atoms with E-state index in [-0.39, 0.29) is 17.8 Å². The van der Waals surface area contributed by atoms with Gasteiger partial charge in [-0.3, -0.25) is 4.79 Å². The second-order valence-corrected chi connectivity index (χ2v) is 8.02. The van der Waals surface area contributed by atoms with E-state index in [0.29, 0.717) is 41.4 Å². The lowest BCUT2D eigenvalue weighted by atomic mass is 10.1. The summed E-state index contributed by atoms with van der Waals surface area (Å²) in [4.78, 5) is 33.0. The molecule has 3 aromatic heterocycles. The van der Waals surface area contributed by atoms with Crippen molar-refractivity contribution in [3.05, 3.63) is 79.5 Å². The van der Waals surface area contributed by atoms with Gasteiger partial charge in [-0.05, 0) is 30.3 Å². The average Bonchev–Trinajstić information content (AvgIpc) is 2.85. The first-order chi connectivity index (χ1) is 17.0. The van der Waals surface area contributed by atoms with Crippen molar-refractivity contribution in [2.75, 3.05) is 30.4 Å². The van der Waals surface area contributed by atoms with Gasteiger partial charge in [0.1, 0.15) is 23.4 Å². The summed E-state index contributed by atoms with van der Waals surface area (Å²) < 4.78 is 20.1. The van der Waals surface area contributed by atoms with E-state index in [2.05, 4.69) is 31.7 Å². The summed E-state index contributed by atoms with van der Waals surface area (Å²) in [6.45, 7) is 4.85. The quantitative estimate of drug-likeness (QED) is 0.405. The second-order valence-electron chi connectivity index (χ2n) is 8.02. The highest BCUT2D eigenvalue weighted by atomic mass is 19.1. The Kier molecular flexibility index (Phi) is 5.92. The van der Waals surface area contributed by atoms with Crippen LogP contribution in [0.15, 0.2) is 73.7 Å². The van der Waals surface area contributed by atoms with Crippen LogP contribution in [0.4, 0.5) is 21.7 Å². The van der Waals surface area contributed by atoms with Crippen LogP contribution >= 0.6 is 0 Å². The van der Waals surface area contributed by atoms with E-state index < -0.39 is 5.82 Å². The molecule has 0 spiro atoms. The molecule has 0 radical (unpaired) electrons. The number of rotatable bonds is 7. The van der Waals surface area contributed by atoms with E-state index in [0.717, 1.165) is 5.82 Å². The largest absolute Gasteiger partial charge is 0.436 e. The first-order valence-electron chi connectivity index (χ1n) is 10.9. The minimum Gasteiger partial charge on any atom is -0.436 e. The molecule has 1 saturated heterocycles. The van der Waals surface area contributed by atoms with E-state index >= 15 is 0 Å². The summed E-state index contributed by atoms with van der Waals surface area (Å²) in [7, 11) is 1.76. The van der Waals surface area contributed by atoms with Gasteiger partial charge in [-0.25, -0.2) is 24.3 Å². The van der Waals surface area contributed by atoms with Crippen LogP contribution in [0.1, 0.15) is 0 Å². The number of anilines is 3. The topological polar surface area (TPSA) is 96.4 Å². The van der Waals surface area contributed by atoms with Gasteiger partial charge in [0.2, 0.25) is 5.91 Å². The molecule has 1 aromatic carbocycles. The summed E-state index contributed by atoms with van der Waals surface area (Å²) in [5.74, 6) is 0.804. The summed E-state index contributed by atoms with van der Waals surface area (Å²) >= 11 is 0. The Bertz CT molecular complexity index is 1390. The zero-order chi connectivity index (χ0) is 24.4. The third-order valence-electron chi connectivity index (χ3n) is 5.75. The number of halogens is 1. The molecule has 0 unspecified atom stereocenters. The summed E-state index contributed by atoms with van der Waals surface area (Å²) in [6, 6.07) is 14.0. The van der Waals surface area contributed by atoms with Crippen LogP contribution in [0, 0.1) is 5.82 Å². The van der Waals surface area contributed by atoms with Gasteiger partial charge in [0.15, 0.2) is 11.6 Å². The molecule has 4 aromatic rings. The van der Waals surface area contributed by atoms with Crippen LogP contribution in [-0.4, -0.2) is 56.9 Å². The smallest absolute Gasteiger partial charge is 0.256 e. The number of amides is 1. The Labute approximate surface area is 200 Å². The van der Waals surface area contributed by atoms with Crippen LogP contribution in [0.2, 0.25) is 0 Å². The molecule has 1 aliphatic heterocycles. The van der Waals surface area contributed by atoms with E-state index in [9.17, 15) is 9.18 Å². The number of hydrogen-bond donors (Lipinski definition) is 1. The molecule has 0 saturated carbocycles. The molecule has 35 heavy (non-hydrogen) atoms. The predicted octanol–water partition coefficient (Wildman–Crippen LogP) is 3.93. The molecular weight excluding hydrogens is 449 g/mol. The predicted molar refractivity (Wildman–Crippen MR) is 130 cm³/mol. The van der Waals surface area contributed by atoms with Gasteiger partial charge in [-0.2, -0.15) is 0 Å². The highest BCUT2D eigenvalue weighted by molar-refractivity contribution is 5.89. The summed E-state index contributed by atoms with van der Waals surface area (Å²) in [6.07, 6.45) is 4.19. The highest BCUT2D eigenvalue weighted by Gasteiger charge is 2.32. The van der Waals surface area contributed by atoms with E-state index in [4.69, 9.17) is 9.72 Å². The number of aromatic nitrogens is 4. The van der Waals surface area contributed by atoms with Gasteiger partial charge >= 0.3 is 0 Å². The Hall–Kier alpha value is -4.60. The number of nitrogens with one attached hydrogen (secondary N) is 1. The SMILES string of the molecule is C=CC(=O)N(C)C1CN(c2ccc3ncnc(Nc4cnc(Oc5ccccc5)c(F)c4)c3n2)C1. The minimum atomic E-state index is -0.615. The molecule has 1 amide bonds. The Morgan fingerprint density at radius 2 is 2.00 bits per heavy atom. The molecule has 176 valence electrons. The molecule has 5 rings (SSSR count). The molecule has 10 heteroatoms. The van der Waals surface area contributed by atoms with Crippen molar-refractivity contribution in [2.24, 2.45) is 0 Å². The normalized spacial score (nSPS) is 13.3. The molecule has 9 nitrogen and oxygen atoms in total.